The van der Waals surface area contributed by atoms with Gasteiger partial charge in [-0.1, -0.05) is 0 Å². The summed E-state index contributed by atoms with van der Waals surface area (Å²) < 4.78 is 16.4. The lowest BCUT2D eigenvalue weighted by Crippen LogP contribution is -2.52. The van der Waals surface area contributed by atoms with Gasteiger partial charge >= 0.3 is 0 Å². The number of H-pyrrole nitrogens is 1. The lowest BCUT2D eigenvalue weighted by molar-refractivity contribution is 0.0565. The topological polar surface area (TPSA) is 79.9 Å². The summed E-state index contributed by atoms with van der Waals surface area (Å²) in [7, 11) is 0. The highest BCUT2D eigenvalue weighted by Gasteiger charge is 2.33. The van der Waals surface area contributed by atoms with Crippen LogP contribution in [0.3, 0.4) is 0 Å². The van der Waals surface area contributed by atoms with Crippen molar-refractivity contribution in [3.05, 3.63) is 35.7 Å². The first kappa shape index (κ1) is 16.4. The molecule has 1 N–H and O–H groups in total. The Balaban J connectivity index is 1.20. The van der Waals surface area contributed by atoms with E-state index in [0.717, 1.165) is 37.6 Å². The number of aromatic nitrogens is 2. The van der Waals surface area contributed by atoms with Gasteiger partial charge in [0.2, 0.25) is 6.79 Å². The Hall–Kier alpha value is -2.74. The van der Waals surface area contributed by atoms with Crippen LogP contribution in [0.25, 0.3) is 0 Å². The smallest absolute Gasteiger partial charge is 0.274 e. The maximum atomic E-state index is 12.8. The van der Waals surface area contributed by atoms with E-state index >= 15 is 0 Å². The number of hydrogen-bond donors (Lipinski definition) is 1. The fraction of sp³-hybridized carbons (Fsp3) is 0.474. The molecular weight excluding hydrogens is 348 g/mol. The van der Waals surface area contributed by atoms with Crippen molar-refractivity contribution in [2.45, 2.75) is 25.5 Å². The standard InChI is InChI=1S/C19H22N4O4/c24-19(23-7-6-22-5-1-2-14(22)10-23)16-8-13(20-21-16)11-25-15-3-4-17-18(9-15)27-12-26-17/h3-4,8-9,14H,1-2,5-7,10-12H2,(H,20,21). The van der Waals surface area contributed by atoms with Crippen LogP contribution in [0.2, 0.25) is 0 Å². The van der Waals surface area contributed by atoms with Gasteiger partial charge in [-0.25, -0.2) is 0 Å². The lowest BCUT2D eigenvalue weighted by atomic mass is 10.1. The van der Waals surface area contributed by atoms with Gasteiger partial charge in [-0.2, -0.15) is 5.10 Å². The molecule has 1 atom stereocenters. The van der Waals surface area contributed by atoms with E-state index in [9.17, 15) is 4.79 Å². The molecule has 3 aliphatic heterocycles. The van der Waals surface area contributed by atoms with Crippen LogP contribution in [0.4, 0.5) is 0 Å². The number of ether oxygens (including phenoxy) is 3. The molecule has 2 fully saturated rings. The number of fused-ring (bicyclic) bond motifs is 2. The van der Waals surface area contributed by atoms with Crippen LogP contribution >= 0.6 is 0 Å². The number of piperazine rings is 1. The van der Waals surface area contributed by atoms with Gasteiger partial charge < -0.3 is 19.1 Å². The summed E-state index contributed by atoms with van der Waals surface area (Å²) in [5.74, 6) is 2.07. The minimum Gasteiger partial charge on any atom is -0.487 e. The molecule has 27 heavy (non-hydrogen) atoms. The molecule has 1 amide bonds. The molecule has 1 unspecified atom stereocenters. The molecule has 0 saturated carbocycles. The van der Waals surface area contributed by atoms with Gasteiger partial charge in [-0.3, -0.25) is 14.8 Å². The number of nitrogens with one attached hydrogen (secondary N) is 1. The van der Waals surface area contributed by atoms with Crippen LogP contribution in [0, 0.1) is 0 Å². The summed E-state index contributed by atoms with van der Waals surface area (Å²) in [6.07, 6.45) is 2.41. The Morgan fingerprint density at radius 1 is 1.22 bits per heavy atom. The zero-order valence-electron chi connectivity index (χ0n) is 15.0. The van der Waals surface area contributed by atoms with Crippen molar-refractivity contribution in [2.24, 2.45) is 0 Å². The monoisotopic (exact) mass is 370 g/mol. The zero-order valence-corrected chi connectivity index (χ0v) is 15.0. The number of amides is 1. The van der Waals surface area contributed by atoms with Crippen molar-refractivity contribution in [3.63, 3.8) is 0 Å². The van der Waals surface area contributed by atoms with Crippen LogP contribution in [-0.4, -0.2) is 64.9 Å². The minimum atomic E-state index is -0.00729. The van der Waals surface area contributed by atoms with E-state index in [4.69, 9.17) is 14.2 Å². The fourth-order valence-corrected chi connectivity index (χ4v) is 4.01. The second kappa shape index (κ2) is 6.77. The van der Waals surface area contributed by atoms with E-state index in [2.05, 4.69) is 15.1 Å². The maximum absolute atomic E-state index is 12.8. The van der Waals surface area contributed by atoms with Crippen LogP contribution in [-0.2, 0) is 6.61 Å². The van der Waals surface area contributed by atoms with Crippen molar-refractivity contribution in [1.82, 2.24) is 20.0 Å². The average Bonchev–Trinajstić information content (AvgIpc) is 3.44. The van der Waals surface area contributed by atoms with E-state index in [1.807, 2.05) is 17.0 Å². The average molecular weight is 370 g/mol. The second-order valence-electron chi connectivity index (χ2n) is 7.17. The molecule has 2 aromatic rings. The molecule has 142 valence electrons. The van der Waals surface area contributed by atoms with E-state index in [-0.39, 0.29) is 12.7 Å². The summed E-state index contributed by atoms with van der Waals surface area (Å²) in [5, 5.41) is 7.10. The third-order valence-electron chi connectivity index (χ3n) is 5.46. The highest BCUT2D eigenvalue weighted by molar-refractivity contribution is 5.92. The summed E-state index contributed by atoms with van der Waals surface area (Å²) in [6, 6.07) is 7.73. The van der Waals surface area contributed by atoms with Gasteiger partial charge in [-0.15, -0.1) is 0 Å². The molecule has 1 aromatic heterocycles. The number of hydrogen-bond acceptors (Lipinski definition) is 6. The van der Waals surface area contributed by atoms with Crippen molar-refractivity contribution in [3.8, 4) is 17.2 Å². The van der Waals surface area contributed by atoms with Gasteiger partial charge in [0.05, 0.1) is 5.69 Å². The number of carbonyl (C=O) groups is 1. The van der Waals surface area contributed by atoms with Crippen molar-refractivity contribution >= 4 is 5.91 Å². The molecule has 0 bridgehead atoms. The largest absolute Gasteiger partial charge is 0.487 e. The first-order valence-electron chi connectivity index (χ1n) is 9.36. The zero-order chi connectivity index (χ0) is 18.2. The molecule has 1 aromatic carbocycles. The summed E-state index contributed by atoms with van der Waals surface area (Å²) in [5.41, 5.74) is 1.21. The first-order valence-corrected chi connectivity index (χ1v) is 9.36. The normalized spacial score (nSPS) is 21.3. The van der Waals surface area contributed by atoms with E-state index in [1.54, 1.807) is 12.1 Å². The number of carbonyl (C=O) groups excluding carboxylic acids is 1. The molecule has 0 spiro atoms. The van der Waals surface area contributed by atoms with Crippen LogP contribution in [0.15, 0.2) is 24.3 Å². The molecule has 3 aliphatic rings. The van der Waals surface area contributed by atoms with Crippen molar-refractivity contribution in [1.29, 1.82) is 0 Å². The minimum absolute atomic E-state index is 0.00729. The van der Waals surface area contributed by atoms with Crippen LogP contribution in [0.1, 0.15) is 29.0 Å². The summed E-state index contributed by atoms with van der Waals surface area (Å²) in [6.45, 7) is 4.23. The second-order valence-corrected chi connectivity index (χ2v) is 7.17. The molecule has 0 radical (unpaired) electrons. The highest BCUT2D eigenvalue weighted by Crippen LogP contribution is 2.35. The molecule has 8 heteroatoms. The van der Waals surface area contributed by atoms with Gasteiger partial charge in [0, 0.05) is 31.7 Å². The first-order chi connectivity index (χ1) is 13.3. The number of rotatable bonds is 4. The van der Waals surface area contributed by atoms with Crippen molar-refractivity contribution < 1.29 is 19.0 Å². The molecule has 8 nitrogen and oxygen atoms in total. The van der Waals surface area contributed by atoms with E-state index in [1.165, 1.54) is 12.8 Å². The summed E-state index contributed by atoms with van der Waals surface area (Å²) in [4.78, 5) is 17.2. The number of aromatic amines is 1. The molecule has 0 aliphatic carbocycles. The maximum Gasteiger partial charge on any atom is 0.274 e. The van der Waals surface area contributed by atoms with Crippen LogP contribution in [0.5, 0.6) is 17.2 Å². The van der Waals surface area contributed by atoms with Gasteiger partial charge in [0.25, 0.3) is 5.91 Å². The Kier molecular flexibility index (Phi) is 4.12. The number of nitrogens with zero attached hydrogens (tertiary/aromatic N) is 3. The summed E-state index contributed by atoms with van der Waals surface area (Å²) >= 11 is 0. The third-order valence-corrected chi connectivity index (χ3v) is 5.46. The quantitative estimate of drug-likeness (QED) is 0.881. The molecule has 4 heterocycles. The molecular formula is C19H22N4O4. The van der Waals surface area contributed by atoms with Crippen molar-refractivity contribution in [2.75, 3.05) is 33.0 Å². The van der Waals surface area contributed by atoms with E-state index < -0.39 is 0 Å². The fourth-order valence-electron chi connectivity index (χ4n) is 4.01. The Bertz CT molecular complexity index is 852. The van der Waals surface area contributed by atoms with Gasteiger partial charge in [-0.05, 0) is 37.6 Å². The highest BCUT2D eigenvalue weighted by atomic mass is 16.7. The Morgan fingerprint density at radius 3 is 3.11 bits per heavy atom. The SMILES string of the molecule is O=C(c1cc(COc2ccc3c(c2)OCO3)[nH]n1)N1CCN2CCCC2C1. The Morgan fingerprint density at radius 2 is 2.15 bits per heavy atom. The van der Waals surface area contributed by atoms with Gasteiger partial charge in [0.15, 0.2) is 17.2 Å². The predicted octanol–water partition coefficient (Wildman–Crippen LogP) is 1.64. The Labute approximate surface area is 157 Å². The number of benzene rings is 1. The van der Waals surface area contributed by atoms with Gasteiger partial charge in [0.1, 0.15) is 12.4 Å². The molecule has 5 rings (SSSR count). The predicted molar refractivity (Wildman–Crippen MR) is 96.0 cm³/mol. The van der Waals surface area contributed by atoms with E-state index in [0.29, 0.717) is 29.8 Å². The molecule has 2 saturated heterocycles. The lowest BCUT2D eigenvalue weighted by Gasteiger charge is -2.37. The van der Waals surface area contributed by atoms with Crippen LogP contribution < -0.4 is 14.2 Å². The third kappa shape index (κ3) is 3.21.